The summed E-state index contributed by atoms with van der Waals surface area (Å²) in [6.45, 7) is 8.93. The third-order valence-corrected chi connectivity index (χ3v) is 8.44. The van der Waals surface area contributed by atoms with Crippen LogP contribution >= 0.6 is 11.6 Å². The van der Waals surface area contributed by atoms with Gasteiger partial charge < -0.3 is 19.3 Å². The van der Waals surface area contributed by atoms with Gasteiger partial charge in [0, 0.05) is 0 Å². The molecule has 2 aliphatic heterocycles. The van der Waals surface area contributed by atoms with Crippen molar-refractivity contribution >= 4 is 29.7 Å². The summed E-state index contributed by atoms with van der Waals surface area (Å²) < 4.78 is 17.2. The quantitative estimate of drug-likeness (QED) is 0.440. The van der Waals surface area contributed by atoms with Gasteiger partial charge in [-0.05, 0) is 58.9 Å². The third-order valence-electron chi connectivity index (χ3n) is 7.99. The normalized spacial score (nSPS) is 26.9. The number of carbonyl (C=O) groups excluding carboxylic acids is 3. The van der Waals surface area contributed by atoms with Crippen molar-refractivity contribution in [1.82, 2.24) is 9.80 Å². The molecule has 2 heterocycles. The molecule has 10 heteroatoms. The molecule has 3 unspecified atom stereocenters. The Morgan fingerprint density at radius 3 is 2.42 bits per heavy atom. The summed E-state index contributed by atoms with van der Waals surface area (Å²) in [5.41, 5.74) is -0.902. The fraction of sp³-hybridized carbons (Fsp3) is 0.700. The van der Waals surface area contributed by atoms with Crippen LogP contribution in [0.25, 0.3) is 0 Å². The first-order valence-corrected chi connectivity index (χ1v) is 14.8. The standard InChI is InChI=1S/C30H43ClN2O7/c1-29(2,3)40-28(37)33-22(17-20-14-10-7-11-15-20)25(39-30(33,4)5)24(34)23(31)26(35)32-21(18-38-27(32)36)16-19-12-8-6-9-13-19/h6,8-9,12-13,20-25,34H,7,10-11,14-18H2,1-5H3/t21?,22-,23?,24?,25-/m1/s1. The van der Waals surface area contributed by atoms with Crippen molar-refractivity contribution in [2.45, 2.75) is 121 Å². The lowest BCUT2D eigenvalue weighted by Gasteiger charge is -2.37. The molecular formula is C30H43ClN2O7. The summed E-state index contributed by atoms with van der Waals surface area (Å²) in [6, 6.07) is 8.37. The molecule has 1 N–H and O–H groups in total. The Labute approximate surface area is 242 Å². The van der Waals surface area contributed by atoms with E-state index in [1.165, 1.54) is 6.42 Å². The van der Waals surface area contributed by atoms with Gasteiger partial charge >= 0.3 is 12.2 Å². The summed E-state index contributed by atoms with van der Waals surface area (Å²) in [5.74, 6) is -0.407. The fourth-order valence-corrected chi connectivity index (χ4v) is 6.44. The Morgan fingerprint density at radius 1 is 1.15 bits per heavy atom. The second-order valence-corrected chi connectivity index (χ2v) is 13.2. The van der Waals surface area contributed by atoms with Crippen LogP contribution in [0.4, 0.5) is 9.59 Å². The van der Waals surface area contributed by atoms with Gasteiger partial charge in [0.1, 0.15) is 35.5 Å². The zero-order chi connectivity index (χ0) is 29.2. The molecule has 1 saturated carbocycles. The first-order valence-electron chi connectivity index (χ1n) is 14.3. The molecule has 0 radical (unpaired) electrons. The highest BCUT2D eigenvalue weighted by atomic mass is 35.5. The number of imide groups is 1. The molecule has 1 aromatic carbocycles. The predicted octanol–water partition coefficient (Wildman–Crippen LogP) is 5.26. The molecule has 3 fully saturated rings. The van der Waals surface area contributed by atoms with Gasteiger partial charge in [0.15, 0.2) is 0 Å². The lowest BCUT2D eigenvalue weighted by molar-refractivity contribution is -0.136. The Hall–Kier alpha value is -2.36. The highest BCUT2D eigenvalue weighted by Crippen LogP contribution is 2.41. The van der Waals surface area contributed by atoms with Crippen molar-refractivity contribution < 1.29 is 33.7 Å². The van der Waals surface area contributed by atoms with Crippen LogP contribution in [0.2, 0.25) is 0 Å². The molecule has 5 atom stereocenters. The van der Waals surface area contributed by atoms with E-state index < -0.39 is 59.1 Å². The van der Waals surface area contributed by atoms with E-state index in [9.17, 15) is 19.5 Å². The van der Waals surface area contributed by atoms with Crippen LogP contribution in [0.5, 0.6) is 0 Å². The summed E-state index contributed by atoms with van der Waals surface area (Å²) in [7, 11) is 0. The fourth-order valence-electron chi connectivity index (χ4n) is 6.19. The number of halogens is 1. The average Bonchev–Trinajstić information content (AvgIpc) is 3.38. The minimum atomic E-state index is -1.49. The smallest absolute Gasteiger partial charge is 0.417 e. The van der Waals surface area contributed by atoms with Crippen molar-refractivity contribution in [3.05, 3.63) is 35.9 Å². The molecule has 1 aliphatic carbocycles. The number of carbonyl (C=O) groups is 3. The molecule has 40 heavy (non-hydrogen) atoms. The number of alkyl halides is 1. The first-order chi connectivity index (χ1) is 18.8. The molecule has 9 nitrogen and oxygen atoms in total. The molecule has 1 aromatic rings. The largest absolute Gasteiger partial charge is 0.447 e. The molecule has 0 spiro atoms. The van der Waals surface area contributed by atoms with Crippen LogP contribution < -0.4 is 0 Å². The van der Waals surface area contributed by atoms with Crippen molar-refractivity contribution in [3.63, 3.8) is 0 Å². The number of aliphatic hydroxyl groups excluding tert-OH is 1. The number of cyclic esters (lactones) is 1. The molecule has 3 amide bonds. The van der Waals surface area contributed by atoms with E-state index in [0.29, 0.717) is 18.8 Å². The number of aliphatic hydroxyl groups is 1. The molecular weight excluding hydrogens is 536 g/mol. The highest BCUT2D eigenvalue weighted by molar-refractivity contribution is 6.32. The first kappa shape index (κ1) is 30.6. The summed E-state index contributed by atoms with van der Waals surface area (Å²) in [5, 5.41) is 10.1. The summed E-state index contributed by atoms with van der Waals surface area (Å²) in [4.78, 5) is 42.2. The molecule has 0 aromatic heterocycles. The zero-order valence-electron chi connectivity index (χ0n) is 24.2. The summed E-state index contributed by atoms with van der Waals surface area (Å²) >= 11 is 6.65. The number of hydrogen-bond acceptors (Lipinski definition) is 7. The monoisotopic (exact) mass is 578 g/mol. The van der Waals surface area contributed by atoms with E-state index in [0.717, 1.165) is 36.1 Å². The van der Waals surface area contributed by atoms with E-state index in [1.807, 2.05) is 30.3 Å². The highest BCUT2D eigenvalue weighted by Gasteiger charge is 2.56. The average molecular weight is 579 g/mol. The maximum atomic E-state index is 13.6. The second kappa shape index (κ2) is 12.2. The van der Waals surface area contributed by atoms with E-state index in [2.05, 4.69) is 0 Å². The van der Waals surface area contributed by atoms with Crippen LogP contribution in [0, 0.1) is 5.92 Å². The minimum Gasteiger partial charge on any atom is -0.447 e. The number of rotatable bonds is 7. The van der Waals surface area contributed by atoms with Crippen molar-refractivity contribution in [2.75, 3.05) is 6.61 Å². The maximum absolute atomic E-state index is 13.6. The van der Waals surface area contributed by atoms with Crippen molar-refractivity contribution in [3.8, 4) is 0 Å². The van der Waals surface area contributed by atoms with Gasteiger partial charge in [-0.25, -0.2) is 14.5 Å². The van der Waals surface area contributed by atoms with Gasteiger partial charge in [-0.1, -0.05) is 62.4 Å². The van der Waals surface area contributed by atoms with Crippen LogP contribution in [0.15, 0.2) is 30.3 Å². The van der Waals surface area contributed by atoms with E-state index in [4.69, 9.17) is 25.8 Å². The second-order valence-electron chi connectivity index (χ2n) is 12.7. The van der Waals surface area contributed by atoms with Gasteiger partial charge in [-0.15, -0.1) is 11.6 Å². The van der Waals surface area contributed by atoms with Crippen molar-refractivity contribution in [2.24, 2.45) is 5.92 Å². The number of ether oxygens (including phenoxy) is 3. The molecule has 3 aliphatic rings. The summed E-state index contributed by atoms with van der Waals surface area (Å²) in [6.07, 6.45) is 2.66. The lowest BCUT2D eigenvalue weighted by Crippen LogP contribution is -2.54. The topological polar surface area (TPSA) is 106 Å². The number of nitrogens with zero attached hydrogens (tertiary/aromatic N) is 2. The third kappa shape index (κ3) is 6.92. The number of hydrogen-bond donors (Lipinski definition) is 1. The predicted molar refractivity (Wildman–Crippen MR) is 150 cm³/mol. The molecule has 0 bridgehead atoms. The van der Waals surface area contributed by atoms with Crippen molar-refractivity contribution in [1.29, 1.82) is 0 Å². The zero-order valence-corrected chi connectivity index (χ0v) is 24.9. The Balaban J connectivity index is 1.56. The van der Waals surface area contributed by atoms with Gasteiger partial charge in [-0.3, -0.25) is 9.69 Å². The molecule has 2 saturated heterocycles. The minimum absolute atomic E-state index is 0.0445. The lowest BCUT2D eigenvalue weighted by atomic mass is 9.82. The van der Waals surface area contributed by atoms with E-state index in [1.54, 1.807) is 39.5 Å². The van der Waals surface area contributed by atoms with Gasteiger partial charge in [0.2, 0.25) is 0 Å². The Morgan fingerprint density at radius 2 is 1.80 bits per heavy atom. The Bertz CT molecular complexity index is 1050. The van der Waals surface area contributed by atoms with Crippen LogP contribution in [0.1, 0.15) is 78.7 Å². The maximum Gasteiger partial charge on any atom is 0.417 e. The van der Waals surface area contributed by atoms with Crippen LogP contribution in [-0.4, -0.2) is 80.6 Å². The molecule has 4 rings (SSSR count). The van der Waals surface area contributed by atoms with E-state index >= 15 is 0 Å². The SMILES string of the molecule is CC(C)(C)OC(=O)N1[C@H](CC2CCCCC2)[C@H](C(O)C(Cl)C(=O)N2C(=O)OCC2Cc2ccccc2)OC1(C)C. The Kier molecular flexibility index (Phi) is 9.37. The van der Waals surface area contributed by atoms with Gasteiger partial charge in [0.25, 0.3) is 5.91 Å². The van der Waals surface area contributed by atoms with E-state index in [-0.39, 0.29) is 6.61 Å². The number of amides is 3. The molecule has 222 valence electrons. The number of benzene rings is 1. The van der Waals surface area contributed by atoms with Gasteiger partial charge in [0.05, 0.1) is 12.1 Å². The van der Waals surface area contributed by atoms with Crippen LogP contribution in [-0.2, 0) is 25.4 Å². The van der Waals surface area contributed by atoms with Crippen LogP contribution in [0.3, 0.4) is 0 Å². The van der Waals surface area contributed by atoms with Gasteiger partial charge in [-0.2, -0.15) is 0 Å².